The molecule has 1 aliphatic rings. The lowest BCUT2D eigenvalue weighted by molar-refractivity contribution is -0.125. The van der Waals surface area contributed by atoms with Gasteiger partial charge < -0.3 is 4.90 Å². The van der Waals surface area contributed by atoms with Crippen LogP contribution < -0.4 is 4.90 Å². The highest BCUT2D eigenvalue weighted by Crippen LogP contribution is 2.33. The van der Waals surface area contributed by atoms with Crippen LogP contribution in [-0.2, 0) is 4.79 Å². The number of Topliss-reactive ketones (excluding diaryl/α,β-unsaturated/α-hetero) is 1. The highest BCUT2D eigenvalue weighted by Gasteiger charge is 2.31. The molecule has 2 unspecified atom stereocenters. The summed E-state index contributed by atoms with van der Waals surface area (Å²) in [5, 5.41) is 0. The van der Waals surface area contributed by atoms with Crippen LogP contribution in [0.5, 0.6) is 0 Å². The molecule has 0 aliphatic heterocycles. The number of hydrogen-bond donors (Lipinski definition) is 0. The molecule has 1 aliphatic carbocycles. The van der Waals surface area contributed by atoms with Gasteiger partial charge in [0.25, 0.3) is 0 Å². The van der Waals surface area contributed by atoms with E-state index >= 15 is 0 Å². The van der Waals surface area contributed by atoms with E-state index in [2.05, 4.69) is 57.8 Å². The largest absolute Gasteiger partial charge is 0.374 e. The van der Waals surface area contributed by atoms with Crippen molar-refractivity contribution in [3.8, 4) is 0 Å². The molecule has 0 aromatic heterocycles. The fourth-order valence-electron chi connectivity index (χ4n) is 3.59. The van der Waals surface area contributed by atoms with E-state index in [4.69, 9.17) is 0 Å². The Kier molecular flexibility index (Phi) is 5.08. The molecule has 0 N–H and O–H groups in total. The molecule has 2 rings (SSSR count). The minimum Gasteiger partial charge on any atom is -0.374 e. The van der Waals surface area contributed by atoms with Gasteiger partial charge >= 0.3 is 0 Å². The molecule has 1 saturated carbocycles. The standard InChI is InChI=1S/C19H29NO/c1-13(2)16-7-9-19(21)17(11-16)12-20(5)18-8-6-14(3)10-15(18)4/h6,8,10,13,16-17H,7,9,11-12H2,1-5H3. The maximum absolute atomic E-state index is 12.2. The summed E-state index contributed by atoms with van der Waals surface area (Å²) in [6, 6.07) is 6.54. The molecule has 1 aromatic carbocycles. The lowest BCUT2D eigenvalue weighted by Gasteiger charge is -2.34. The predicted octanol–water partition coefficient (Wildman–Crippen LogP) is 4.38. The molecule has 2 nitrogen and oxygen atoms in total. The third-order valence-corrected chi connectivity index (χ3v) is 5.00. The van der Waals surface area contributed by atoms with Crippen molar-refractivity contribution in [2.24, 2.45) is 17.8 Å². The zero-order valence-corrected chi connectivity index (χ0v) is 14.1. The fraction of sp³-hybridized carbons (Fsp3) is 0.632. The van der Waals surface area contributed by atoms with Crippen LogP contribution in [0.2, 0.25) is 0 Å². The molecule has 1 fully saturated rings. The minimum absolute atomic E-state index is 0.205. The summed E-state index contributed by atoms with van der Waals surface area (Å²) in [5.41, 5.74) is 3.83. The molecule has 21 heavy (non-hydrogen) atoms. The van der Waals surface area contributed by atoms with Crippen LogP contribution in [0, 0.1) is 31.6 Å². The lowest BCUT2D eigenvalue weighted by Crippen LogP contribution is -2.36. The first-order chi connectivity index (χ1) is 9.88. The Balaban J connectivity index is 2.06. The molecule has 2 heteroatoms. The van der Waals surface area contributed by atoms with Gasteiger partial charge in [0.2, 0.25) is 0 Å². The monoisotopic (exact) mass is 287 g/mol. The summed E-state index contributed by atoms with van der Waals surface area (Å²) in [4.78, 5) is 14.5. The Morgan fingerprint density at radius 3 is 2.62 bits per heavy atom. The zero-order valence-electron chi connectivity index (χ0n) is 14.1. The van der Waals surface area contributed by atoms with Crippen molar-refractivity contribution >= 4 is 11.5 Å². The second kappa shape index (κ2) is 6.64. The normalized spacial score (nSPS) is 22.7. The fourth-order valence-corrected chi connectivity index (χ4v) is 3.59. The molecule has 1 aromatic rings. The summed E-state index contributed by atoms with van der Waals surface area (Å²) >= 11 is 0. The van der Waals surface area contributed by atoms with Gasteiger partial charge in [-0.2, -0.15) is 0 Å². The van der Waals surface area contributed by atoms with Crippen LogP contribution >= 0.6 is 0 Å². The van der Waals surface area contributed by atoms with Gasteiger partial charge in [-0.05, 0) is 50.2 Å². The Bertz CT molecular complexity index is 506. The number of carbonyl (C=O) groups excluding carboxylic acids is 1. The molecule has 0 saturated heterocycles. The number of aryl methyl sites for hydroxylation is 2. The van der Waals surface area contributed by atoms with Crippen molar-refractivity contribution in [1.29, 1.82) is 0 Å². The van der Waals surface area contributed by atoms with E-state index in [1.54, 1.807) is 0 Å². The van der Waals surface area contributed by atoms with Gasteiger partial charge in [0, 0.05) is 31.6 Å². The van der Waals surface area contributed by atoms with Crippen LogP contribution in [-0.4, -0.2) is 19.4 Å². The second-order valence-electron chi connectivity index (χ2n) is 7.11. The predicted molar refractivity (Wildman–Crippen MR) is 89.9 cm³/mol. The van der Waals surface area contributed by atoms with E-state index in [0.29, 0.717) is 17.6 Å². The quantitative estimate of drug-likeness (QED) is 0.819. The van der Waals surface area contributed by atoms with Crippen LogP contribution in [0.25, 0.3) is 0 Å². The van der Waals surface area contributed by atoms with E-state index < -0.39 is 0 Å². The highest BCUT2D eigenvalue weighted by molar-refractivity contribution is 5.82. The van der Waals surface area contributed by atoms with E-state index in [9.17, 15) is 4.79 Å². The summed E-state index contributed by atoms with van der Waals surface area (Å²) < 4.78 is 0. The molecule has 2 atom stereocenters. The maximum atomic E-state index is 12.2. The van der Waals surface area contributed by atoms with Gasteiger partial charge in [0.1, 0.15) is 5.78 Å². The molecular weight excluding hydrogens is 258 g/mol. The first-order valence-electron chi connectivity index (χ1n) is 8.19. The van der Waals surface area contributed by atoms with E-state index in [1.165, 1.54) is 16.8 Å². The number of hydrogen-bond acceptors (Lipinski definition) is 2. The Morgan fingerprint density at radius 2 is 2.00 bits per heavy atom. The van der Waals surface area contributed by atoms with E-state index in [0.717, 1.165) is 25.8 Å². The number of rotatable bonds is 4. The number of ketones is 1. The van der Waals surface area contributed by atoms with E-state index in [1.807, 2.05) is 0 Å². The van der Waals surface area contributed by atoms with Crippen LogP contribution in [0.4, 0.5) is 5.69 Å². The van der Waals surface area contributed by atoms with Crippen molar-refractivity contribution in [2.75, 3.05) is 18.5 Å². The second-order valence-corrected chi connectivity index (χ2v) is 7.11. The Hall–Kier alpha value is -1.31. The number of carbonyl (C=O) groups is 1. The SMILES string of the molecule is Cc1ccc(N(C)CC2CC(C(C)C)CCC2=O)c(C)c1. The average Bonchev–Trinajstić information content (AvgIpc) is 2.40. The summed E-state index contributed by atoms with van der Waals surface area (Å²) in [5.74, 6) is 2.06. The Labute approximate surface area is 129 Å². The molecule has 0 bridgehead atoms. The van der Waals surface area contributed by atoms with Gasteiger partial charge in [-0.25, -0.2) is 0 Å². The molecule has 0 amide bonds. The van der Waals surface area contributed by atoms with Crippen molar-refractivity contribution in [2.45, 2.75) is 47.0 Å². The summed E-state index contributed by atoms with van der Waals surface area (Å²) in [6.07, 6.45) is 2.92. The summed E-state index contributed by atoms with van der Waals surface area (Å²) in [6.45, 7) is 9.69. The molecule has 0 heterocycles. The van der Waals surface area contributed by atoms with Gasteiger partial charge in [-0.1, -0.05) is 31.5 Å². The average molecular weight is 287 g/mol. The van der Waals surface area contributed by atoms with Crippen molar-refractivity contribution < 1.29 is 4.79 Å². The van der Waals surface area contributed by atoms with Gasteiger partial charge in [0.15, 0.2) is 0 Å². The van der Waals surface area contributed by atoms with Gasteiger partial charge in [0.05, 0.1) is 0 Å². The number of anilines is 1. The third-order valence-electron chi connectivity index (χ3n) is 5.00. The minimum atomic E-state index is 0.205. The van der Waals surface area contributed by atoms with Crippen LogP contribution in [0.3, 0.4) is 0 Å². The van der Waals surface area contributed by atoms with Crippen molar-refractivity contribution in [1.82, 2.24) is 0 Å². The Morgan fingerprint density at radius 1 is 1.29 bits per heavy atom. The first-order valence-corrected chi connectivity index (χ1v) is 8.19. The van der Waals surface area contributed by atoms with Crippen molar-refractivity contribution in [3.63, 3.8) is 0 Å². The smallest absolute Gasteiger partial charge is 0.137 e. The first kappa shape index (κ1) is 16.1. The molecular formula is C19H29NO. The third kappa shape index (κ3) is 3.87. The molecule has 0 radical (unpaired) electrons. The lowest BCUT2D eigenvalue weighted by atomic mass is 9.75. The molecule has 0 spiro atoms. The van der Waals surface area contributed by atoms with Gasteiger partial charge in [-0.15, -0.1) is 0 Å². The highest BCUT2D eigenvalue weighted by atomic mass is 16.1. The van der Waals surface area contributed by atoms with Crippen LogP contribution in [0.15, 0.2) is 18.2 Å². The van der Waals surface area contributed by atoms with Crippen LogP contribution in [0.1, 0.15) is 44.2 Å². The van der Waals surface area contributed by atoms with E-state index in [-0.39, 0.29) is 5.92 Å². The van der Waals surface area contributed by atoms with Gasteiger partial charge in [-0.3, -0.25) is 4.79 Å². The number of benzene rings is 1. The van der Waals surface area contributed by atoms with Crippen molar-refractivity contribution in [3.05, 3.63) is 29.3 Å². The number of nitrogens with zero attached hydrogens (tertiary/aromatic N) is 1. The topological polar surface area (TPSA) is 20.3 Å². The summed E-state index contributed by atoms with van der Waals surface area (Å²) in [7, 11) is 2.12. The zero-order chi connectivity index (χ0) is 15.6. The maximum Gasteiger partial charge on any atom is 0.137 e. The molecule has 116 valence electrons.